The van der Waals surface area contributed by atoms with Gasteiger partial charge >= 0.3 is 6.01 Å². The molecule has 0 N–H and O–H groups in total. The second kappa shape index (κ2) is 5.67. The Labute approximate surface area is 127 Å². The number of hydrogen-bond acceptors (Lipinski definition) is 4. The molecule has 0 saturated carbocycles. The monoisotopic (exact) mass is 361 g/mol. The maximum absolute atomic E-state index is 13.1. The Morgan fingerprint density at radius 1 is 1.50 bits per heavy atom. The smallest absolute Gasteiger partial charge is 0.321 e. The van der Waals surface area contributed by atoms with Gasteiger partial charge in [-0.25, -0.2) is 9.07 Å². The van der Waals surface area contributed by atoms with Crippen LogP contribution in [0.2, 0.25) is 5.02 Å². The molecule has 1 saturated heterocycles. The van der Waals surface area contributed by atoms with Crippen molar-refractivity contribution in [1.29, 1.82) is 0 Å². The summed E-state index contributed by atoms with van der Waals surface area (Å²) in [6.45, 7) is 1.25. The average molecular weight is 363 g/mol. The summed E-state index contributed by atoms with van der Waals surface area (Å²) in [6, 6.07) is 4.52. The van der Waals surface area contributed by atoms with Crippen molar-refractivity contribution in [3.63, 3.8) is 0 Å². The van der Waals surface area contributed by atoms with Crippen LogP contribution in [-0.2, 0) is 4.74 Å². The van der Waals surface area contributed by atoms with Crippen LogP contribution >= 0.6 is 27.5 Å². The van der Waals surface area contributed by atoms with Crippen molar-refractivity contribution in [3.05, 3.63) is 33.8 Å². The summed E-state index contributed by atoms with van der Waals surface area (Å²) in [5, 5.41) is 4.24. The van der Waals surface area contributed by atoms with E-state index in [2.05, 4.69) is 26.0 Å². The minimum Gasteiger partial charge on any atom is -0.424 e. The van der Waals surface area contributed by atoms with Gasteiger partial charge in [0.05, 0.1) is 17.7 Å². The maximum Gasteiger partial charge on any atom is 0.321 e. The zero-order valence-electron chi connectivity index (χ0n) is 10.2. The van der Waals surface area contributed by atoms with Crippen LogP contribution in [-0.4, -0.2) is 28.0 Å². The Hall–Kier alpha value is -1.18. The fourth-order valence-corrected chi connectivity index (χ4v) is 2.45. The molecular weight excluding hydrogens is 353 g/mol. The molecule has 0 radical (unpaired) electrons. The summed E-state index contributed by atoms with van der Waals surface area (Å²) in [5.74, 6) is -0.0951. The lowest BCUT2D eigenvalue weighted by Crippen LogP contribution is -2.11. The predicted octanol–water partition coefficient (Wildman–Crippen LogP) is 3.59. The van der Waals surface area contributed by atoms with E-state index >= 15 is 0 Å². The maximum atomic E-state index is 13.1. The van der Waals surface area contributed by atoms with E-state index in [1.165, 1.54) is 18.2 Å². The van der Waals surface area contributed by atoms with E-state index in [1.807, 2.05) is 0 Å². The van der Waals surface area contributed by atoms with Crippen molar-refractivity contribution in [2.75, 3.05) is 13.2 Å². The number of halogens is 3. The van der Waals surface area contributed by atoms with Crippen LogP contribution in [0.5, 0.6) is 11.8 Å². The van der Waals surface area contributed by atoms with Crippen LogP contribution in [0.15, 0.2) is 22.9 Å². The molecule has 0 aliphatic carbocycles. The van der Waals surface area contributed by atoms with E-state index in [1.54, 1.807) is 4.68 Å². The molecule has 0 amide bonds. The Bertz CT molecular complexity index is 631. The van der Waals surface area contributed by atoms with Gasteiger partial charge in [0.1, 0.15) is 11.6 Å². The van der Waals surface area contributed by atoms with Crippen LogP contribution in [0, 0.1) is 5.82 Å². The van der Waals surface area contributed by atoms with Crippen molar-refractivity contribution >= 4 is 27.5 Å². The molecule has 1 aliphatic heterocycles. The topological polar surface area (TPSA) is 49.2 Å². The van der Waals surface area contributed by atoms with Crippen molar-refractivity contribution in [3.8, 4) is 11.8 Å². The number of rotatable bonds is 3. The summed E-state index contributed by atoms with van der Waals surface area (Å²) in [5.41, 5.74) is 0. The molecule has 2 heterocycles. The molecule has 1 unspecified atom stereocenters. The first-order valence-corrected chi connectivity index (χ1v) is 7.13. The lowest BCUT2D eigenvalue weighted by Gasteiger charge is -2.11. The lowest BCUT2D eigenvalue weighted by atomic mass is 10.3. The van der Waals surface area contributed by atoms with Gasteiger partial charge in [0.2, 0.25) is 4.73 Å². The zero-order chi connectivity index (χ0) is 14.1. The Morgan fingerprint density at radius 3 is 3.05 bits per heavy atom. The third-order valence-electron chi connectivity index (χ3n) is 2.93. The van der Waals surface area contributed by atoms with Gasteiger partial charge < -0.3 is 9.47 Å². The molecule has 0 bridgehead atoms. The highest BCUT2D eigenvalue weighted by atomic mass is 79.9. The highest BCUT2D eigenvalue weighted by Gasteiger charge is 2.24. The normalized spacial score (nSPS) is 18.4. The standard InChI is InChI=1S/C12H10BrClFN3O2/c13-11-16-12(18(17-11)7-3-4-19-6-7)20-8-1-2-10(15)9(14)5-8/h1-2,5,7H,3-4,6H2. The van der Waals surface area contributed by atoms with E-state index in [4.69, 9.17) is 21.1 Å². The Balaban J connectivity index is 1.87. The summed E-state index contributed by atoms with van der Waals surface area (Å²) in [7, 11) is 0. The van der Waals surface area contributed by atoms with Gasteiger partial charge in [-0.1, -0.05) is 11.6 Å². The van der Waals surface area contributed by atoms with E-state index < -0.39 is 5.82 Å². The third-order valence-corrected chi connectivity index (χ3v) is 3.55. The summed E-state index contributed by atoms with van der Waals surface area (Å²) in [4.78, 5) is 4.16. The van der Waals surface area contributed by atoms with Gasteiger partial charge in [-0.15, -0.1) is 5.10 Å². The zero-order valence-corrected chi connectivity index (χ0v) is 12.6. The summed E-state index contributed by atoms with van der Waals surface area (Å²) in [6.07, 6.45) is 0.844. The van der Waals surface area contributed by atoms with Crippen LogP contribution in [0.3, 0.4) is 0 Å². The number of aromatic nitrogens is 3. The molecular formula is C12H10BrClFN3O2. The second-order valence-corrected chi connectivity index (χ2v) is 5.42. The molecule has 2 aromatic rings. The van der Waals surface area contributed by atoms with Crippen LogP contribution in [0.1, 0.15) is 12.5 Å². The first-order valence-electron chi connectivity index (χ1n) is 5.96. The number of ether oxygens (including phenoxy) is 2. The Morgan fingerprint density at radius 2 is 2.35 bits per heavy atom. The Kier molecular flexibility index (Phi) is 3.91. The number of benzene rings is 1. The van der Waals surface area contributed by atoms with Gasteiger partial charge in [0.25, 0.3) is 0 Å². The molecule has 1 aromatic carbocycles. The van der Waals surface area contributed by atoms with Crippen molar-refractivity contribution in [2.24, 2.45) is 0 Å². The molecule has 1 fully saturated rings. The molecule has 20 heavy (non-hydrogen) atoms. The predicted molar refractivity (Wildman–Crippen MR) is 73.7 cm³/mol. The van der Waals surface area contributed by atoms with Gasteiger partial charge in [-0.3, -0.25) is 0 Å². The molecule has 8 heteroatoms. The third kappa shape index (κ3) is 2.79. The molecule has 1 aromatic heterocycles. The SMILES string of the molecule is Fc1ccc(Oc2nc(Br)nn2C2CCOC2)cc1Cl. The first-order chi connectivity index (χ1) is 9.63. The highest BCUT2D eigenvalue weighted by molar-refractivity contribution is 9.10. The van der Waals surface area contributed by atoms with Crippen molar-refractivity contribution < 1.29 is 13.9 Å². The van der Waals surface area contributed by atoms with E-state index in [0.29, 0.717) is 29.7 Å². The van der Waals surface area contributed by atoms with Gasteiger partial charge in [-0.2, -0.15) is 4.98 Å². The quantitative estimate of drug-likeness (QED) is 0.837. The minimum absolute atomic E-state index is 0.00293. The number of nitrogens with zero attached hydrogens (tertiary/aromatic N) is 3. The van der Waals surface area contributed by atoms with Crippen LogP contribution < -0.4 is 4.74 Å². The summed E-state index contributed by atoms with van der Waals surface area (Å²) >= 11 is 8.94. The molecule has 106 valence electrons. The molecule has 5 nitrogen and oxygen atoms in total. The van der Waals surface area contributed by atoms with E-state index in [9.17, 15) is 4.39 Å². The lowest BCUT2D eigenvalue weighted by molar-refractivity contribution is 0.182. The molecule has 3 rings (SSSR count). The van der Waals surface area contributed by atoms with Gasteiger partial charge in [0.15, 0.2) is 0 Å². The van der Waals surface area contributed by atoms with Gasteiger partial charge in [-0.05, 0) is 34.5 Å². The highest BCUT2D eigenvalue weighted by Crippen LogP contribution is 2.29. The summed E-state index contributed by atoms with van der Waals surface area (Å²) < 4.78 is 26.2. The number of hydrogen-bond donors (Lipinski definition) is 0. The molecule has 1 atom stereocenters. The average Bonchev–Trinajstić information content (AvgIpc) is 3.03. The van der Waals surface area contributed by atoms with Crippen LogP contribution in [0.4, 0.5) is 4.39 Å². The van der Waals surface area contributed by atoms with E-state index in [-0.39, 0.29) is 11.1 Å². The largest absolute Gasteiger partial charge is 0.424 e. The van der Waals surface area contributed by atoms with E-state index in [0.717, 1.165) is 6.42 Å². The van der Waals surface area contributed by atoms with Gasteiger partial charge in [0, 0.05) is 12.7 Å². The van der Waals surface area contributed by atoms with Crippen LogP contribution in [0.25, 0.3) is 0 Å². The van der Waals surface area contributed by atoms with Crippen molar-refractivity contribution in [1.82, 2.24) is 14.8 Å². The minimum atomic E-state index is -0.495. The second-order valence-electron chi connectivity index (χ2n) is 4.30. The fourth-order valence-electron chi connectivity index (χ4n) is 1.95. The van der Waals surface area contributed by atoms with Crippen molar-refractivity contribution in [2.45, 2.75) is 12.5 Å². The molecule has 1 aliphatic rings. The fraction of sp³-hybridized carbons (Fsp3) is 0.333. The first kappa shape index (κ1) is 13.8. The molecule has 0 spiro atoms.